The molecule has 2 aromatic rings. The minimum atomic E-state index is -0.436. The van der Waals surface area contributed by atoms with Gasteiger partial charge in [0.05, 0.1) is 11.3 Å². The lowest BCUT2D eigenvalue weighted by Gasteiger charge is -2.36. The molecule has 0 unspecified atom stereocenters. The Labute approximate surface area is 151 Å². The van der Waals surface area contributed by atoms with Gasteiger partial charge in [-0.1, -0.05) is 11.6 Å². The van der Waals surface area contributed by atoms with Crippen molar-refractivity contribution in [1.82, 2.24) is 4.90 Å². The number of aryl methyl sites for hydroxylation is 1. The monoisotopic (exact) mass is 356 g/mol. The van der Waals surface area contributed by atoms with Crippen LogP contribution in [0, 0.1) is 12.7 Å². The summed E-state index contributed by atoms with van der Waals surface area (Å²) in [5.74, 6) is -0.871. The molecular formula is C20H21FN2O3. The van der Waals surface area contributed by atoms with Gasteiger partial charge in [0.2, 0.25) is 0 Å². The van der Waals surface area contributed by atoms with E-state index >= 15 is 0 Å². The van der Waals surface area contributed by atoms with E-state index in [9.17, 15) is 19.1 Å². The summed E-state index contributed by atoms with van der Waals surface area (Å²) >= 11 is 0. The number of piperazine rings is 1. The number of hydrogen-bond acceptors (Lipinski definition) is 4. The zero-order valence-corrected chi connectivity index (χ0v) is 14.8. The number of halogens is 1. The number of Topliss-reactive ketones (excluding diaryl/α,β-unsaturated/α-hetero) is 1. The lowest BCUT2D eigenvalue weighted by atomic mass is 10.1. The maximum atomic E-state index is 14.3. The summed E-state index contributed by atoms with van der Waals surface area (Å²) in [6.45, 7) is 5.09. The molecule has 1 fully saturated rings. The minimum absolute atomic E-state index is 0.0334. The van der Waals surface area contributed by atoms with E-state index in [0.717, 1.165) is 5.56 Å². The largest absolute Gasteiger partial charge is 0.507 e. The highest BCUT2D eigenvalue weighted by molar-refractivity contribution is 5.97. The number of anilines is 1. The third kappa shape index (κ3) is 3.54. The van der Waals surface area contributed by atoms with Crippen molar-refractivity contribution < 1.29 is 19.1 Å². The standard InChI is InChI=1S/C20H21FN2O3/c1-13-3-6-19(25)16(11-13)20(26)23-9-7-22(8-10-23)18-5-4-15(14(2)24)12-17(18)21/h3-6,11-12,25H,7-10H2,1-2H3. The van der Waals surface area contributed by atoms with Crippen LogP contribution in [-0.4, -0.2) is 47.9 Å². The highest BCUT2D eigenvalue weighted by Crippen LogP contribution is 2.24. The van der Waals surface area contributed by atoms with Crippen LogP contribution in [0.2, 0.25) is 0 Å². The number of nitrogens with zero attached hydrogens (tertiary/aromatic N) is 2. The first-order valence-corrected chi connectivity index (χ1v) is 8.51. The second-order valence-corrected chi connectivity index (χ2v) is 6.52. The van der Waals surface area contributed by atoms with Crippen molar-refractivity contribution in [3.8, 4) is 5.75 Å². The number of phenolic OH excluding ortho intramolecular Hbond substituents is 1. The van der Waals surface area contributed by atoms with Crippen molar-refractivity contribution in [1.29, 1.82) is 0 Å². The molecule has 1 saturated heterocycles. The Balaban J connectivity index is 1.70. The van der Waals surface area contributed by atoms with E-state index in [0.29, 0.717) is 37.4 Å². The fourth-order valence-electron chi connectivity index (χ4n) is 3.12. The molecule has 1 aliphatic rings. The molecule has 0 aliphatic carbocycles. The van der Waals surface area contributed by atoms with Gasteiger partial charge in [-0.3, -0.25) is 9.59 Å². The number of carbonyl (C=O) groups is 2. The summed E-state index contributed by atoms with van der Waals surface area (Å²) in [6, 6.07) is 9.41. The van der Waals surface area contributed by atoms with Crippen LogP contribution in [-0.2, 0) is 0 Å². The van der Waals surface area contributed by atoms with Crippen molar-refractivity contribution in [3.63, 3.8) is 0 Å². The molecule has 0 atom stereocenters. The van der Waals surface area contributed by atoms with Crippen molar-refractivity contribution in [2.24, 2.45) is 0 Å². The second kappa shape index (κ2) is 7.15. The SMILES string of the molecule is CC(=O)c1ccc(N2CCN(C(=O)c3cc(C)ccc3O)CC2)c(F)c1. The molecule has 2 aromatic carbocycles. The van der Waals surface area contributed by atoms with Gasteiger partial charge in [-0.2, -0.15) is 0 Å². The summed E-state index contributed by atoms with van der Waals surface area (Å²) in [7, 11) is 0. The number of amides is 1. The van der Waals surface area contributed by atoms with E-state index in [2.05, 4.69) is 0 Å². The first-order chi connectivity index (χ1) is 12.4. The summed E-state index contributed by atoms with van der Waals surface area (Å²) in [5.41, 5.74) is 1.96. The van der Waals surface area contributed by atoms with Crippen LogP contribution in [0.15, 0.2) is 36.4 Å². The Kier molecular flexibility index (Phi) is 4.93. The van der Waals surface area contributed by atoms with Crippen molar-refractivity contribution in [3.05, 3.63) is 58.9 Å². The lowest BCUT2D eigenvalue weighted by molar-refractivity contribution is 0.0743. The van der Waals surface area contributed by atoms with E-state index in [1.165, 1.54) is 19.1 Å². The average Bonchev–Trinajstić information content (AvgIpc) is 2.63. The summed E-state index contributed by atoms with van der Waals surface area (Å²) in [5, 5.41) is 9.94. The van der Waals surface area contributed by atoms with Crippen LogP contribution in [0.3, 0.4) is 0 Å². The van der Waals surface area contributed by atoms with E-state index in [4.69, 9.17) is 0 Å². The van der Waals surface area contributed by atoms with Crippen LogP contribution >= 0.6 is 0 Å². The third-order valence-electron chi connectivity index (χ3n) is 4.64. The molecule has 5 nitrogen and oxygen atoms in total. The van der Waals surface area contributed by atoms with Crippen LogP contribution < -0.4 is 4.90 Å². The van der Waals surface area contributed by atoms with Gasteiger partial charge in [-0.15, -0.1) is 0 Å². The molecule has 0 spiro atoms. The van der Waals surface area contributed by atoms with Gasteiger partial charge in [0.15, 0.2) is 5.78 Å². The van der Waals surface area contributed by atoms with Crippen LogP contribution in [0.25, 0.3) is 0 Å². The summed E-state index contributed by atoms with van der Waals surface area (Å²) in [6.07, 6.45) is 0. The van der Waals surface area contributed by atoms with E-state index in [1.54, 1.807) is 29.2 Å². The van der Waals surface area contributed by atoms with Gasteiger partial charge in [-0.25, -0.2) is 4.39 Å². The van der Waals surface area contributed by atoms with Gasteiger partial charge >= 0.3 is 0 Å². The average molecular weight is 356 g/mol. The van der Waals surface area contributed by atoms with Crippen LogP contribution in [0.5, 0.6) is 5.75 Å². The molecule has 26 heavy (non-hydrogen) atoms. The molecule has 0 bridgehead atoms. The maximum Gasteiger partial charge on any atom is 0.257 e. The topological polar surface area (TPSA) is 60.9 Å². The Morgan fingerprint density at radius 2 is 1.73 bits per heavy atom. The Bertz CT molecular complexity index is 858. The normalized spacial score (nSPS) is 14.4. The molecular weight excluding hydrogens is 335 g/mol. The number of carbonyl (C=O) groups excluding carboxylic acids is 2. The predicted octanol–water partition coefficient (Wildman–Crippen LogP) is 3.00. The van der Waals surface area contributed by atoms with Gasteiger partial charge < -0.3 is 14.9 Å². The third-order valence-corrected chi connectivity index (χ3v) is 4.64. The quantitative estimate of drug-likeness (QED) is 0.859. The zero-order valence-electron chi connectivity index (χ0n) is 14.8. The number of hydrogen-bond donors (Lipinski definition) is 1. The highest BCUT2D eigenvalue weighted by Gasteiger charge is 2.25. The predicted molar refractivity (Wildman–Crippen MR) is 97.4 cm³/mol. The van der Waals surface area contributed by atoms with Crippen LogP contribution in [0.4, 0.5) is 10.1 Å². The number of phenols is 1. The lowest BCUT2D eigenvalue weighted by Crippen LogP contribution is -2.49. The van der Waals surface area contributed by atoms with Crippen molar-refractivity contribution >= 4 is 17.4 Å². The molecule has 1 heterocycles. The Morgan fingerprint density at radius 3 is 2.35 bits per heavy atom. The molecule has 1 amide bonds. The summed E-state index contributed by atoms with van der Waals surface area (Å²) < 4.78 is 14.3. The second-order valence-electron chi connectivity index (χ2n) is 6.52. The molecule has 1 aliphatic heterocycles. The fourth-order valence-corrected chi connectivity index (χ4v) is 3.12. The van der Waals surface area contributed by atoms with Gasteiger partial charge in [0.1, 0.15) is 11.6 Å². The smallest absolute Gasteiger partial charge is 0.257 e. The molecule has 6 heteroatoms. The van der Waals surface area contributed by atoms with Gasteiger partial charge in [0, 0.05) is 31.7 Å². The fraction of sp³-hybridized carbons (Fsp3) is 0.300. The number of aromatic hydroxyl groups is 1. The van der Waals surface area contributed by atoms with Crippen LogP contribution in [0.1, 0.15) is 33.2 Å². The molecule has 136 valence electrons. The molecule has 0 saturated carbocycles. The van der Waals surface area contributed by atoms with E-state index in [-0.39, 0.29) is 23.0 Å². The Morgan fingerprint density at radius 1 is 1.04 bits per heavy atom. The molecule has 1 N–H and O–H groups in total. The Hall–Kier alpha value is -2.89. The number of rotatable bonds is 3. The van der Waals surface area contributed by atoms with Crippen molar-refractivity contribution in [2.75, 3.05) is 31.1 Å². The minimum Gasteiger partial charge on any atom is -0.507 e. The van der Waals surface area contributed by atoms with Crippen molar-refractivity contribution in [2.45, 2.75) is 13.8 Å². The first-order valence-electron chi connectivity index (χ1n) is 8.51. The summed E-state index contributed by atoms with van der Waals surface area (Å²) in [4.78, 5) is 27.5. The van der Waals surface area contributed by atoms with E-state index < -0.39 is 5.82 Å². The first kappa shape index (κ1) is 17.9. The van der Waals surface area contributed by atoms with E-state index in [1.807, 2.05) is 11.8 Å². The maximum absolute atomic E-state index is 14.3. The number of benzene rings is 2. The molecule has 0 radical (unpaired) electrons. The number of ketones is 1. The van der Waals surface area contributed by atoms with Gasteiger partial charge in [-0.05, 0) is 44.2 Å². The zero-order chi connectivity index (χ0) is 18.8. The molecule has 3 rings (SSSR count). The molecule has 0 aromatic heterocycles. The highest BCUT2D eigenvalue weighted by atomic mass is 19.1. The van der Waals surface area contributed by atoms with Gasteiger partial charge in [0.25, 0.3) is 5.91 Å².